The fraction of sp³-hybridized carbons (Fsp3) is 0.273. The van der Waals surface area contributed by atoms with Crippen molar-refractivity contribution in [3.05, 3.63) is 71.3 Å². The van der Waals surface area contributed by atoms with Crippen LogP contribution < -0.4 is 15.4 Å². The van der Waals surface area contributed by atoms with Gasteiger partial charge in [0.15, 0.2) is 0 Å². The number of hydrogen-bond acceptors (Lipinski definition) is 3. The largest absolute Gasteiger partial charge is 0.496 e. The van der Waals surface area contributed by atoms with Crippen LogP contribution in [-0.4, -0.2) is 25.0 Å². The highest BCUT2D eigenvalue weighted by Gasteiger charge is 2.09. The molecule has 0 spiro atoms. The lowest BCUT2D eigenvalue weighted by atomic mass is 10.1. The molecule has 0 aromatic heterocycles. The normalized spacial score (nSPS) is 11.8. The van der Waals surface area contributed by atoms with Gasteiger partial charge >= 0.3 is 0 Å². The number of benzene rings is 2. The van der Waals surface area contributed by atoms with E-state index in [0.29, 0.717) is 17.9 Å². The maximum Gasteiger partial charge on any atom is 0.251 e. The van der Waals surface area contributed by atoms with E-state index in [0.717, 1.165) is 17.5 Å². The molecule has 0 heterocycles. The number of carbonyl (C=O) groups excluding carboxylic acids is 2. The maximum absolute atomic E-state index is 12.2. The number of rotatable bonds is 8. The van der Waals surface area contributed by atoms with Crippen molar-refractivity contribution in [2.45, 2.75) is 32.9 Å². The second kappa shape index (κ2) is 10.2. The van der Waals surface area contributed by atoms with Gasteiger partial charge in [0, 0.05) is 29.8 Å². The number of ether oxygens (including phenoxy) is 1. The molecule has 0 aliphatic heterocycles. The second-order valence-corrected chi connectivity index (χ2v) is 6.28. The second-order valence-electron chi connectivity index (χ2n) is 6.28. The molecule has 2 rings (SSSR count). The monoisotopic (exact) mass is 366 g/mol. The standard InChI is InChI=1S/C22H26N2O3/c1-4-16(2)24-22(26)19-10-7-8-17(14-19)15-23-21(25)13-12-18-9-5-6-11-20(18)27-3/h5-14,16H,4,15H2,1-3H3,(H,23,25)(H,24,26)/b13-12+. The van der Waals surface area contributed by atoms with Crippen molar-refractivity contribution in [2.24, 2.45) is 0 Å². The SMILES string of the molecule is CCC(C)NC(=O)c1cccc(CNC(=O)/C=C/c2ccccc2OC)c1. The zero-order chi connectivity index (χ0) is 19.6. The summed E-state index contributed by atoms with van der Waals surface area (Å²) in [6, 6.07) is 14.9. The molecule has 0 fully saturated rings. The minimum absolute atomic E-state index is 0.103. The molecule has 5 nitrogen and oxygen atoms in total. The first-order chi connectivity index (χ1) is 13.0. The minimum atomic E-state index is -0.213. The van der Waals surface area contributed by atoms with E-state index in [1.165, 1.54) is 6.08 Å². The van der Waals surface area contributed by atoms with E-state index in [9.17, 15) is 9.59 Å². The number of methoxy groups -OCH3 is 1. The average Bonchev–Trinajstić information content (AvgIpc) is 2.70. The Morgan fingerprint density at radius 3 is 2.67 bits per heavy atom. The molecule has 0 radical (unpaired) electrons. The van der Waals surface area contributed by atoms with E-state index in [-0.39, 0.29) is 17.9 Å². The van der Waals surface area contributed by atoms with Gasteiger partial charge in [-0.05, 0) is 43.2 Å². The van der Waals surface area contributed by atoms with Crippen LogP contribution in [0.5, 0.6) is 5.75 Å². The van der Waals surface area contributed by atoms with Crippen LogP contribution in [0.4, 0.5) is 0 Å². The van der Waals surface area contributed by atoms with Crippen molar-refractivity contribution < 1.29 is 14.3 Å². The zero-order valence-electron chi connectivity index (χ0n) is 16.0. The van der Waals surface area contributed by atoms with E-state index >= 15 is 0 Å². The Labute approximate surface area is 160 Å². The molecule has 0 saturated carbocycles. The molecule has 2 aromatic rings. The Morgan fingerprint density at radius 2 is 1.93 bits per heavy atom. The summed E-state index contributed by atoms with van der Waals surface area (Å²) in [6.07, 6.45) is 4.06. The lowest BCUT2D eigenvalue weighted by Gasteiger charge is -2.12. The van der Waals surface area contributed by atoms with Crippen molar-refractivity contribution >= 4 is 17.9 Å². The third-order valence-electron chi connectivity index (χ3n) is 4.20. The first-order valence-electron chi connectivity index (χ1n) is 9.02. The molecular weight excluding hydrogens is 340 g/mol. The van der Waals surface area contributed by atoms with Crippen molar-refractivity contribution in [1.29, 1.82) is 0 Å². The maximum atomic E-state index is 12.2. The summed E-state index contributed by atoms with van der Waals surface area (Å²) in [7, 11) is 1.59. The molecule has 5 heteroatoms. The smallest absolute Gasteiger partial charge is 0.251 e. The van der Waals surface area contributed by atoms with Crippen molar-refractivity contribution in [2.75, 3.05) is 7.11 Å². The van der Waals surface area contributed by atoms with Gasteiger partial charge in [-0.1, -0.05) is 37.3 Å². The van der Waals surface area contributed by atoms with Gasteiger partial charge in [0.2, 0.25) is 5.91 Å². The van der Waals surface area contributed by atoms with Crippen LogP contribution in [0.3, 0.4) is 0 Å². The summed E-state index contributed by atoms with van der Waals surface area (Å²) < 4.78 is 5.26. The summed E-state index contributed by atoms with van der Waals surface area (Å²) in [5, 5.41) is 5.76. The molecule has 2 aromatic carbocycles. The van der Waals surface area contributed by atoms with E-state index in [1.807, 2.05) is 50.2 Å². The number of hydrogen-bond donors (Lipinski definition) is 2. The van der Waals surface area contributed by atoms with Gasteiger partial charge in [-0.15, -0.1) is 0 Å². The van der Waals surface area contributed by atoms with Gasteiger partial charge in [-0.25, -0.2) is 0 Å². The molecule has 0 aliphatic rings. The predicted molar refractivity (Wildman–Crippen MR) is 108 cm³/mol. The van der Waals surface area contributed by atoms with Crippen molar-refractivity contribution in [1.82, 2.24) is 10.6 Å². The van der Waals surface area contributed by atoms with Crippen LogP contribution in [-0.2, 0) is 11.3 Å². The zero-order valence-corrected chi connectivity index (χ0v) is 16.0. The number of para-hydroxylation sites is 1. The fourth-order valence-corrected chi connectivity index (χ4v) is 2.45. The summed E-state index contributed by atoms with van der Waals surface area (Å²) in [4.78, 5) is 24.3. The third-order valence-corrected chi connectivity index (χ3v) is 4.20. The Bertz CT molecular complexity index is 815. The fourth-order valence-electron chi connectivity index (χ4n) is 2.45. The van der Waals surface area contributed by atoms with Gasteiger partial charge in [0.1, 0.15) is 5.75 Å². The van der Waals surface area contributed by atoms with Crippen LogP contribution >= 0.6 is 0 Å². The Morgan fingerprint density at radius 1 is 1.15 bits per heavy atom. The highest BCUT2D eigenvalue weighted by molar-refractivity contribution is 5.94. The van der Waals surface area contributed by atoms with Crippen molar-refractivity contribution in [3.8, 4) is 5.75 Å². The quantitative estimate of drug-likeness (QED) is 0.702. The first kappa shape index (κ1) is 20.2. The minimum Gasteiger partial charge on any atom is -0.496 e. The molecule has 2 N–H and O–H groups in total. The number of amides is 2. The van der Waals surface area contributed by atoms with Crippen molar-refractivity contribution in [3.63, 3.8) is 0 Å². The molecule has 1 unspecified atom stereocenters. The van der Waals surface area contributed by atoms with Gasteiger partial charge in [0.05, 0.1) is 7.11 Å². The summed E-state index contributed by atoms with van der Waals surface area (Å²) >= 11 is 0. The lowest BCUT2D eigenvalue weighted by molar-refractivity contribution is -0.116. The molecule has 1 atom stereocenters. The van der Waals surface area contributed by atoms with Gasteiger partial charge in [-0.3, -0.25) is 9.59 Å². The summed E-state index contributed by atoms with van der Waals surface area (Å²) in [5.74, 6) is 0.394. The molecule has 0 aliphatic carbocycles. The van der Waals surface area contributed by atoms with Crippen LogP contribution in [0.1, 0.15) is 41.8 Å². The Balaban J connectivity index is 1.94. The van der Waals surface area contributed by atoms with E-state index < -0.39 is 0 Å². The lowest BCUT2D eigenvalue weighted by Crippen LogP contribution is -2.32. The third kappa shape index (κ3) is 6.29. The predicted octanol–water partition coefficient (Wildman–Crippen LogP) is 3.55. The van der Waals surface area contributed by atoms with Crippen LogP contribution in [0.2, 0.25) is 0 Å². The van der Waals surface area contributed by atoms with E-state index in [4.69, 9.17) is 4.74 Å². The van der Waals surface area contributed by atoms with Gasteiger partial charge in [-0.2, -0.15) is 0 Å². The van der Waals surface area contributed by atoms with Gasteiger partial charge in [0.25, 0.3) is 5.91 Å². The van der Waals surface area contributed by atoms with E-state index in [1.54, 1.807) is 25.3 Å². The van der Waals surface area contributed by atoms with Crippen LogP contribution in [0, 0.1) is 0 Å². The Kier molecular flexibility index (Phi) is 7.62. The van der Waals surface area contributed by atoms with Crippen LogP contribution in [0.25, 0.3) is 6.08 Å². The molecule has 142 valence electrons. The molecular formula is C22H26N2O3. The number of carbonyl (C=O) groups is 2. The molecule has 0 bridgehead atoms. The Hall–Kier alpha value is -3.08. The van der Waals surface area contributed by atoms with E-state index in [2.05, 4.69) is 10.6 Å². The molecule has 27 heavy (non-hydrogen) atoms. The summed E-state index contributed by atoms with van der Waals surface area (Å²) in [6.45, 7) is 4.34. The average molecular weight is 366 g/mol. The van der Waals surface area contributed by atoms with Crippen LogP contribution in [0.15, 0.2) is 54.6 Å². The topological polar surface area (TPSA) is 67.4 Å². The summed E-state index contributed by atoms with van der Waals surface area (Å²) in [5.41, 5.74) is 2.29. The molecule has 2 amide bonds. The highest BCUT2D eigenvalue weighted by atomic mass is 16.5. The highest BCUT2D eigenvalue weighted by Crippen LogP contribution is 2.18. The molecule has 0 saturated heterocycles. The van der Waals surface area contributed by atoms with Gasteiger partial charge < -0.3 is 15.4 Å². The first-order valence-corrected chi connectivity index (χ1v) is 9.02. The number of nitrogens with one attached hydrogen (secondary N) is 2.